The number of rotatable bonds is 6. The molecule has 0 aromatic heterocycles. The highest BCUT2D eigenvalue weighted by atomic mass is 32.2. The number of benzene rings is 1. The first-order valence-electron chi connectivity index (χ1n) is 8.03. The van der Waals surface area contributed by atoms with Gasteiger partial charge in [0.2, 0.25) is 10.0 Å². The van der Waals surface area contributed by atoms with E-state index in [-0.39, 0.29) is 10.9 Å². The van der Waals surface area contributed by atoms with Crippen LogP contribution in [0.2, 0.25) is 0 Å². The SMILES string of the molecule is C[C@H](N[C@H]1CCN(CC2CC2)C1)c1ccc(S(N)(=O)=O)cc1. The normalized spacial score (nSPS) is 24.5. The summed E-state index contributed by atoms with van der Waals surface area (Å²) in [5, 5.41) is 8.78. The number of primary sulfonamides is 1. The average molecular weight is 323 g/mol. The third-order valence-corrected chi connectivity index (χ3v) is 5.61. The topological polar surface area (TPSA) is 75.4 Å². The van der Waals surface area contributed by atoms with Crippen LogP contribution in [-0.4, -0.2) is 39.0 Å². The second-order valence-electron chi connectivity index (χ2n) is 6.69. The molecule has 0 unspecified atom stereocenters. The van der Waals surface area contributed by atoms with E-state index in [0.717, 1.165) is 18.0 Å². The van der Waals surface area contributed by atoms with Crippen molar-refractivity contribution in [3.63, 3.8) is 0 Å². The van der Waals surface area contributed by atoms with Gasteiger partial charge in [-0.25, -0.2) is 13.6 Å². The van der Waals surface area contributed by atoms with E-state index in [9.17, 15) is 8.42 Å². The minimum absolute atomic E-state index is 0.167. The molecule has 0 radical (unpaired) electrons. The van der Waals surface area contributed by atoms with Crippen molar-refractivity contribution in [3.8, 4) is 0 Å². The van der Waals surface area contributed by atoms with Gasteiger partial charge in [-0.15, -0.1) is 0 Å². The molecule has 2 atom stereocenters. The van der Waals surface area contributed by atoms with Crippen LogP contribution in [0, 0.1) is 5.92 Å². The molecule has 1 aromatic rings. The maximum absolute atomic E-state index is 11.3. The summed E-state index contributed by atoms with van der Waals surface area (Å²) in [5.74, 6) is 0.946. The smallest absolute Gasteiger partial charge is 0.238 e. The summed E-state index contributed by atoms with van der Waals surface area (Å²) in [6.45, 7) is 5.69. The number of nitrogens with two attached hydrogens (primary N) is 1. The molecule has 1 saturated carbocycles. The van der Waals surface area contributed by atoms with Crippen molar-refractivity contribution < 1.29 is 8.42 Å². The largest absolute Gasteiger partial charge is 0.306 e. The molecule has 2 aliphatic rings. The third-order valence-electron chi connectivity index (χ3n) is 4.68. The molecule has 6 heteroatoms. The van der Waals surface area contributed by atoms with Crippen molar-refractivity contribution in [1.29, 1.82) is 0 Å². The minimum Gasteiger partial charge on any atom is -0.306 e. The maximum atomic E-state index is 11.3. The molecule has 1 aromatic carbocycles. The zero-order chi connectivity index (χ0) is 15.7. The fraction of sp³-hybridized carbons (Fsp3) is 0.625. The Labute approximate surface area is 132 Å². The van der Waals surface area contributed by atoms with Gasteiger partial charge in [0.1, 0.15) is 0 Å². The lowest BCUT2D eigenvalue weighted by Crippen LogP contribution is -2.34. The first-order valence-corrected chi connectivity index (χ1v) is 9.57. The lowest BCUT2D eigenvalue weighted by atomic mass is 10.1. The van der Waals surface area contributed by atoms with Crippen LogP contribution in [0.15, 0.2) is 29.2 Å². The van der Waals surface area contributed by atoms with Crippen LogP contribution in [0.5, 0.6) is 0 Å². The van der Waals surface area contributed by atoms with E-state index in [0.29, 0.717) is 6.04 Å². The second-order valence-corrected chi connectivity index (χ2v) is 8.25. The first kappa shape index (κ1) is 15.9. The van der Waals surface area contributed by atoms with Crippen LogP contribution in [0.1, 0.15) is 37.8 Å². The zero-order valence-electron chi connectivity index (χ0n) is 13.0. The Bertz CT molecular complexity index is 611. The molecule has 0 amide bonds. The summed E-state index contributed by atoms with van der Waals surface area (Å²) in [5.41, 5.74) is 1.09. The average Bonchev–Trinajstić information content (AvgIpc) is 3.17. The highest BCUT2D eigenvalue weighted by molar-refractivity contribution is 7.89. The number of likely N-dealkylation sites (tertiary alicyclic amines) is 1. The van der Waals surface area contributed by atoms with Crippen LogP contribution in [0.3, 0.4) is 0 Å². The molecule has 2 fully saturated rings. The summed E-state index contributed by atoms with van der Waals surface area (Å²) < 4.78 is 22.6. The molecule has 1 aliphatic carbocycles. The van der Waals surface area contributed by atoms with E-state index in [2.05, 4.69) is 17.1 Å². The molecular formula is C16H25N3O2S. The Morgan fingerprint density at radius 1 is 1.27 bits per heavy atom. The van der Waals surface area contributed by atoms with Crippen molar-refractivity contribution in [2.24, 2.45) is 11.1 Å². The second kappa shape index (κ2) is 6.28. The number of sulfonamides is 1. The Morgan fingerprint density at radius 2 is 1.95 bits per heavy atom. The lowest BCUT2D eigenvalue weighted by Gasteiger charge is -2.21. The van der Waals surface area contributed by atoms with Gasteiger partial charge in [0.15, 0.2) is 0 Å². The summed E-state index contributed by atoms with van der Waals surface area (Å²) in [6.07, 6.45) is 4.00. The molecule has 3 N–H and O–H groups in total. The molecule has 122 valence electrons. The van der Waals surface area contributed by atoms with Gasteiger partial charge >= 0.3 is 0 Å². The molecule has 5 nitrogen and oxygen atoms in total. The number of hydrogen-bond donors (Lipinski definition) is 2. The van der Waals surface area contributed by atoms with Crippen molar-refractivity contribution in [1.82, 2.24) is 10.2 Å². The van der Waals surface area contributed by atoms with Crippen LogP contribution >= 0.6 is 0 Å². The van der Waals surface area contributed by atoms with Gasteiger partial charge in [0.05, 0.1) is 4.90 Å². The van der Waals surface area contributed by atoms with Crippen LogP contribution < -0.4 is 10.5 Å². The van der Waals surface area contributed by atoms with E-state index in [1.54, 1.807) is 12.1 Å². The zero-order valence-corrected chi connectivity index (χ0v) is 13.8. The third kappa shape index (κ3) is 4.07. The van der Waals surface area contributed by atoms with E-state index in [4.69, 9.17) is 5.14 Å². The number of nitrogens with one attached hydrogen (secondary N) is 1. The fourth-order valence-electron chi connectivity index (χ4n) is 3.20. The molecule has 1 heterocycles. The quantitative estimate of drug-likeness (QED) is 0.831. The van der Waals surface area contributed by atoms with Crippen molar-refractivity contribution in [3.05, 3.63) is 29.8 Å². The summed E-state index contributed by atoms with van der Waals surface area (Å²) >= 11 is 0. The van der Waals surface area contributed by atoms with Gasteiger partial charge in [0, 0.05) is 25.2 Å². The Kier molecular flexibility index (Phi) is 4.54. The number of nitrogens with zero attached hydrogens (tertiary/aromatic N) is 1. The van der Waals surface area contributed by atoms with Gasteiger partial charge in [-0.1, -0.05) is 12.1 Å². The first-order chi connectivity index (χ1) is 10.4. The van der Waals surface area contributed by atoms with E-state index < -0.39 is 10.0 Å². The van der Waals surface area contributed by atoms with Gasteiger partial charge in [0.25, 0.3) is 0 Å². The Balaban J connectivity index is 1.54. The Morgan fingerprint density at radius 3 is 2.55 bits per heavy atom. The van der Waals surface area contributed by atoms with Gasteiger partial charge in [-0.05, 0) is 56.3 Å². The van der Waals surface area contributed by atoms with Gasteiger partial charge in [-0.3, -0.25) is 0 Å². The van der Waals surface area contributed by atoms with Crippen LogP contribution in [0.25, 0.3) is 0 Å². The predicted molar refractivity (Wildman–Crippen MR) is 86.9 cm³/mol. The van der Waals surface area contributed by atoms with E-state index in [1.807, 2.05) is 12.1 Å². The highest BCUT2D eigenvalue weighted by Gasteiger charge is 2.29. The van der Waals surface area contributed by atoms with E-state index >= 15 is 0 Å². The summed E-state index contributed by atoms with van der Waals surface area (Å²) in [7, 11) is -3.61. The van der Waals surface area contributed by atoms with Crippen molar-refractivity contribution in [2.45, 2.75) is 43.2 Å². The predicted octanol–water partition coefficient (Wildman–Crippen LogP) is 1.47. The lowest BCUT2D eigenvalue weighted by molar-refractivity contribution is 0.310. The monoisotopic (exact) mass is 323 g/mol. The van der Waals surface area contributed by atoms with E-state index in [1.165, 1.54) is 32.4 Å². The van der Waals surface area contributed by atoms with Gasteiger partial charge in [-0.2, -0.15) is 0 Å². The molecule has 0 bridgehead atoms. The van der Waals surface area contributed by atoms with Crippen molar-refractivity contribution in [2.75, 3.05) is 19.6 Å². The Hall–Kier alpha value is -0.950. The molecule has 0 spiro atoms. The van der Waals surface area contributed by atoms with Crippen LogP contribution in [-0.2, 0) is 10.0 Å². The molecule has 1 aliphatic heterocycles. The summed E-state index contributed by atoms with van der Waals surface area (Å²) in [4.78, 5) is 2.73. The molecule has 1 saturated heterocycles. The standard InChI is InChI=1S/C16H25N3O2S/c1-12(14-4-6-16(7-5-14)22(17,20)21)18-15-8-9-19(11-15)10-13-2-3-13/h4-7,12-13,15,18H,2-3,8-11H2,1H3,(H2,17,20,21)/t12-,15-/m0/s1. The highest BCUT2D eigenvalue weighted by Crippen LogP contribution is 2.31. The van der Waals surface area contributed by atoms with Gasteiger partial charge < -0.3 is 10.2 Å². The molecule has 22 heavy (non-hydrogen) atoms. The maximum Gasteiger partial charge on any atom is 0.238 e. The minimum atomic E-state index is -3.61. The van der Waals surface area contributed by atoms with Crippen LogP contribution in [0.4, 0.5) is 0 Å². The van der Waals surface area contributed by atoms with Crippen molar-refractivity contribution >= 4 is 10.0 Å². The molecule has 3 rings (SSSR count). The number of hydrogen-bond acceptors (Lipinski definition) is 4. The summed E-state index contributed by atoms with van der Waals surface area (Å²) in [6, 6.07) is 7.57. The molecular weight excluding hydrogens is 298 g/mol. The fourth-order valence-corrected chi connectivity index (χ4v) is 3.71.